The molecule has 0 spiro atoms. The summed E-state index contributed by atoms with van der Waals surface area (Å²) in [5.74, 6) is -0.297. The van der Waals surface area contributed by atoms with E-state index < -0.39 is 18.3 Å². The first kappa shape index (κ1) is 15.2. The molecule has 6 heteroatoms. The van der Waals surface area contributed by atoms with Crippen molar-refractivity contribution in [2.75, 3.05) is 0 Å². The van der Waals surface area contributed by atoms with Crippen LogP contribution in [0.5, 0.6) is 0 Å². The predicted octanol–water partition coefficient (Wildman–Crippen LogP) is 2.37. The van der Waals surface area contributed by atoms with Gasteiger partial charge in [0.2, 0.25) is 0 Å². The van der Waals surface area contributed by atoms with Gasteiger partial charge in [-0.05, 0) is 56.9 Å². The highest BCUT2D eigenvalue weighted by Gasteiger charge is 2.52. The second kappa shape index (κ2) is 5.21. The predicted molar refractivity (Wildman–Crippen MR) is 83.4 cm³/mol. The molecule has 0 amide bonds. The van der Waals surface area contributed by atoms with Gasteiger partial charge in [0.05, 0.1) is 17.7 Å². The Kier molecular flexibility index (Phi) is 3.61. The molecule has 22 heavy (non-hydrogen) atoms. The van der Waals surface area contributed by atoms with Crippen LogP contribution in [0.25, 0.3) is 0 Å². The summed E-state index contributed by atoms with van der Waals surface area (Å²) in [4.78, 5) is 0. The van der Waals surface area contributed by atoms with E-state index in [-0.39, 0.29) is 5.82 Å². The molecule has 1 aliphatic heterocycles. The molecule has 1 fully saturated rings. The van der Waals surface area contributed by atoms with Gasteiger partial charge in [0.15, 0.2) is 0 Å². The number of aromatic nitrogens is 2. The Balaban J connectivity index is 1.95. The fourth-order valence-electron chi connectivity index (χ4n) is 2.47. The van der Waals surface area contributed by atoms with Gasteiger partial charge in [-0.15, -0.1) is 0 Å². The maximum absolute atomic E-state index is 13.7. The van der Waals surface area contributed by atoms with Gasteiger partial charge >= 0.3 is 7.12 Å². The Bertz CT molecular complexity index is 655. The Morgan fingerprint density at radius 3 is 2.45 bits per heavy atom. The SMILES string of the molecule is CC1(C)OB(c2cc(F)ccc2Cn2cccn2)OC1(C)C. The van der Waals surface area contributed by atoms with E-state index in [4.69, 9.17) is 9.31 Å². The van der Waals surface area contributed by atoms with E-state index >= 15 is 0 Å². The zero-order valence-electron chi connectivity index (χ0n) is 13.3. The molecule has 4 nitrogen and oxygen atoms in total. The van der Waals surface area contributed by atoms with Crippen LogP contribution in [0.3, 0.4) is 0 Å². The number of rotatable bonds is 3. The van der Waals surface area contributed by atoms with Gasteiger partial charge in [-0.3, -0.25) is 4.68 Å². The normalized spacial score (nSPS) is 19.6. The van der Waals surface area contributed by atoms with Crippen LogP contribution >= 0.6 is 0 Å². The van der Waals surface area contributed by atoms with Crippen molar-refractivity contribution in [1.82, 2.24) is 9.78 Å². The van der Waals surface area contributed by atoms with Crippen LogP contribution in [-0.4, -0.2) is 28.1 Å². The lowest BCUT2D eigenvalue weighted by Gasteiger charge is -2.32. The van der Waals surface area contributed by atoms with Gasteiger partial charge in [0.1, 0.15) is 5.82 Å². The fraction of sp³-hybridized carbons (Fsp3) is 0.438. The molecular weight excluding hydrogens is 282 g/mol. The number of nitrogens with zero attached hydrogens (tertiary/aromatic N) is 2. The van der Waals surface area contributed by atoms with Crippen LogP contribution in [-0.2, 0) is 15.9 Å². The van der Waals surface area contributed by atoms with Crippen LogP contribution in [0.15, 0.2) is 36.7 Å². The van der Waals surface area contributed by atoms with Crippen LogP contribution < -0.4 is 5.46 Å². The van der Waals surface area contributed by atoms with Gasteiger partial charge in [-0.1, -0.05) is 6.07 Å². The first-order valence-electron chi connectivity index (χ1n) is 7.40. The lowest BCUT2D eigenvalue weighted by molar-refractivity contribution is 0.00578. The third-order valence-electron chi connectivity index (χ3n) is 4.51. The van der Waals surface area contributed by atoms with E-state index in [0.717, 1.165) is 5.56 Å². The van der Waals surface area contributed by atoms with Gasteiger partial charge in [0, 0.05) is 12.4 Å². The first-order chi connectivity index (χ1) is 10.3. The minimum atomic E-state index is -0.578. The molecule has 116 valence electrons. The smallest absolute Gasteiger partial charge is 0.399 e. The number of hydrogen-bond donors (Lipinski definition) is 0. The van der Waals surface area contributed by atoms with Gasteiger partial charge in [-0.2, -0.15) is 5.10 Å². The van der Waals surface area contributed by atoms with Crippen molar-refractivity contribution in [2.24, 2.45) is 0 Å². The summed E-state index contributed by atoms with van der Waals surface area (Å²) in [5, 5.41) is 4.20. The number of benzene rings is 1. The third kappa shape index (κ3) is 2.68. The first-order valence-corrected chi connectivity index (χ1v) is 7.40. The summed E-state index contributed by atoms with van der Waals surface area (Å²) in [6.45, 7) is 8.49. The van der Waals surface area contributed by atoms with Crippen molar-refractivity contribution in [3.8, 4) is 0 Å². The van der Waals surface area contributed by atoms with E-state index in [0.29, 0.717) is 12.0 Å². The highest BCUT2D eigenvalue weighted by Crippen LogP contribution is 2.36. The lowest BCUT2D eigenvalue weighted by atomic mass is 9.76. The minimum absolute atomic E-state index is 0.297. The Labute approximate surface area is 130 Å². The Hall–Kier alpha value is -1.66. The van der Waals surface area contributed by atoms with E-state index in [1.807, 2.05) is 40.0 Å². The average Bonchev–Trinajstić information content (AvgIpc) is 2.99. The van der Waals surface area contributed by atoms with Crippen molar-refractivity contribution in [3.63, 3.8) is 0 Å². The van der Waals surface area contributed by atoms with Gasteiger partial charge in [-0.25, -0.2) is 4.39 Å². The van der Waals surface area contributed by atoms with Crippen molar-refractivity contribution in [2.45, 2.75) is 45.4 Å². The summed E-state index contributed by atoms with van der Waals surface area (Å²) in [6, 6.07) is 6.56. The largest absolute Gasteiger partial charge is 0.495 e. The molecule has 2 aromatic rings. The quantitative estimate of drug-likeness (QED) is 0.817. The van der Waals surface area contributed by atoms with E-state index in [9.17, 15) is 4.39 Å². The summed E-state index contributed by atoms with van der Waals surface area (Å²) in [7, 11) is -0.578. The average molecular weight is 302 g/mol. The Morgan fingerprint density at radius 2 is 1.86 bits per heavy atom. The van der Waals surface area contributed by atoms with E-state index in [1.165, 1.54) is 12.1 Å². The molecule has 0 bridgehead atoms. The van der Waals surface area contributed by atoms with Crippen LogP contribution in [0.1, 0.15) is 33.3 Å². The third-order valence-corrected chi connectivity index (χ3v) is 4.51. The van der Waals surface area contributed by atoms with Crippen LogP contribution in [0.2, 0.25) is 0 Å². The topological polar surface area (TPSA) is 36.3 Å². The summed E-state index contributed by atoms with van der Waals surface area (Å²) in [6.07, 6.45) is 3.59. The Morgan fingerprint density at radius 1 is 1.18 bits per heavy atom. The molecule has 0 aliphatic carbocycles. The molecule has 0 N–H and O–H groups in total. The maximum atomic E-state index is 13.7. The molecule has 1 saturated heterocycles. The fourth-order valence-corrected chi connectivity index (χ4v) is 2.47. The van der Waals surface area contributed by atoms with Crippen LogP contribution in [0.4, 0.5) is 4.39 Å². The molecular formula is C16H20BFN2O2. The lowest BCUT2D eigenvalue weighted by Crippen LogP contribution is -2.41. The molecule has 3 rings (SSSR count). The van der Waals surface area contributed by atoms with Crippen molar-refractivity contribution < 1.29 is 13.7 Å². The van der Waals surface area contributed by atoms with Crippen molar-refractivity contribution in [3.05, 3.63) is 48.0 Å². The molecule has 0 atom stereocenters. The molecule has 1 aromatic carbocycles. The molecule has 0 unspecified atom stereocenters. The summed E-state index contributed by atoms with van der Waals surface area (Å²) in [5.41, 5.74) is 0.748. The zero-order chi connectivity index (χ0) is 16.0. The highest BCUT2D eigenvalue weighted by atomic mass is 19.1. The zero-order valence-corrected chi connectivity index (χ0v) is 13.3. The number of halogens is 1. The molecule has 0 radical (unpaired) electrons. The summed E-state index contributed by atoms with van der Waals surface area (Å²) >= 11 is 0. The van der Waals surface area contributed by atoms with Gasteiger partial charge < -0.3 is 9.31 Å². The van der Waals surface area contributed by atoms with Crippen LogP contribution in [0, 0.1) is 5.82 Å². The molecule has 2 heterocycles. The molecule has 1 aliphatic rings. The second-order valence-corrected chi connectivity index (χ2v) is 6.64. The standard InChI is InChI=1S/C16H20BFN2O2/c1-15(2)16(3,4)22-17(21-15)14-10-13(18)7-6-12(14)11-20-9-5-8-19-20/h5-10H,11H2,1-4H3. The maximum Gasteiger partial charge on any atom is 0.495 e. The molecule has 0 saturated carbocycles. The van der Waals surface area contributed by atoms with E-state index in [2.05, 4.69) is 5.10 Å². The summed E-state index contributed by atoms with van der Waals surface area (Å²) < 4.78 is 27.6. The monoisotopic (exact) mass is 302 g/mol. The molecule has 1 aromatic heterocycles. The van der Waals surface area contributed by atoms with Gasteiger partial charge in [0.25, 0.3) is 0 Å². The minimum Gasteiger partial charge on any atom is -0.399 e. The van der Waals surface area contributed by atoms with Crippen molar-refractivity contribution in [1.29, 1.82) is 0 Å². The second-order valence-electron chi connectivity index (χ2n) is 6.64. The van der Waals surface area contributed by atoms with Crippen molar-refractivity contribution >= 4 is 12.6 Å². The van der Waals surface area contributed by atoms with E-state index in [1.54, 1.807) is 16.9 Å². The number of hydrogen-bond acceptors (Lipinski definition) is 3. The highest BCUT2D eigenvalue weighted by molar-refractivity contribution is 6.62.